The highest BCUT2D eigenvalue weighted by Crippen LogP contribution is 2.22. The van der Waals surface area contributed by atoms with Crippen LogP contribution in [0.2, 0.25) is 0 Å². The van der Waals surface area contributed by atoms with Gasteiger partial charge in [-0.3, -0.25) is 4.79 Å². The Hall–Kier alpha value is -1.56. The highest BCUT2D eigenvalue weighted by Gasteiger charge is 2.17. The molecule has 5 nitrogen and oxygen atoms in total. The van der Waals surface area contributed by atoms with Crippen LogP contribution in [0.5, 0.6) is 0 Å². The molecule has 1 unspecified atom stereocenters. The van der Waals surface area contributed by atoms with E-state index in [9.17, 15) is 9.59 Å². The minimum Gasteiger partial charge on any atom is -0.444 e. The largest absolute Gasteiger partial charge is 0.444 e. The van der Waals surface area contributed by atoms with Crippen molar-refractivity contribution >= 4 is 23.3 Å². The molecular weight excluding hydrogens is 312 g/mol. The van der Waals surface area contributed by atoms with E-state index in [0.717, 1.165) is 11.3 Å². The van der Waals surface area contributed by atoms with E-state index in [1.165, 1.54) is 10.4 Å². The van der Waals surface area contributed by atoms with Gasteiger partial charge in [0.1, 0.15) is 5.60 Å². The van der Waals surface area contributed by atoms with E-state index >= 15 is 0 Å². The van der Waals surface area contributed by atoms with Crippen LogP contribution in [-0.4, -0.2) is 30.7 Å². The summed E-state index contributed by atoms with van der Waals surface area (Å²) >= 11 is 1.54. The smallest absolute Gasteiger partial charge is 0.407 e. The molecule has 0 saturated heterocycles. The number of ether oxygens (including phenoxy) is 1. The second-order valence-corrected chi connectivity index (χ2v) is 7.91. The van der Waals surface area contributed by atoms with Crippen molar-refractivity contribution in [3.8, 4) is 0 Å². The van der Waals surface area contributed by atoms with Crippen molar-refractivity contribution in [2.24, 2.45) is 5.92 Å². The minimum atomic E-state index is -0.504. The second kappa shape index (κ2) is 8.34. The molecule has 0 saturated carbocycles. The summed E-state index contributed by atoms with van der Waals surface area (Å²) in [6.07, 6.45) is 0.511. The predicted octanol–water partition coefficient (Wildman–Crippen LogP) is 3.51. The van der Waals surface area contributed by atoms with Crippen LogP contribution < -0.4 is 10.6 Å². The summed E-state index contributed by atoms with van der Waals surface area (Å²) < 4.78 is 5.18. The lowest BCUT2D eigenvalue weighted by Crippen LogP contribution is -2.38. The lowest BCUT2D eigenvalue weighted by Gasteiger charge is -2.20. The van der Waals surface area contributed by atoms with Gasteiger partial charge in [-0.1, -0.05) is 13.8 Å². The number of amides is 2. The standard InChI is InChI=1S/C17H28N2O3S/c1-7-13-12(3)8-14(23-13)15(20)18-9-11(2)10-19-16(21)22-17(4,5)6/h8,11H,7,9-10H2,1-6H3,(H,18,20)(H,19,21). The lowest BCUT2D eigenvalue weighted by atomic mass is 10.2. The molecule has 2 N–H and O–H groups in total. The molecule has 0 spiro atoms. The molecule has 0 aliphatic heterocycles. The third-order valence-electron chi connectivity index (χ3n) is 3.17. The van der Waals surface area contributed by atoms with Gasteiger partial charge in [-0.25, -0.2) is 4.79 Å². The van der Waals surface area contributed by atoms with Crippen LogP contribution in [0.25, 0.3) is 0 Å². The third kappa shape index (κ3) is 7.03. The number of carbonyl (C=O) groups is 2. The SMILES string of the molecule is CCc1sc(C(=O)NCC(C)CNC(=O)OC(C)(C)C)cc1C. The van der Waals surface area contributed by atoms with Gasteiger partial charge in [0.05, 0.1) is 4.88 Å². The molecule has 1 aromatic heterocycles. The van der Waals surface area contributed by atoms with Gasteiger partial charge in [0, 0.05) is 18.0 Å². The van der Waals surface area contributed by atoms with Crippen LogP contribution in [0.3, 0.4) is 0 Å². The van der Waals surface area contributed by atoms with Crippen molar-refractivity contribution in [3.05, 3.63) is 21.4 Å². The van der Waals surface area contributed by atoms with Gasteiger partial charge in [0.2, 0.25) is 0 Å². The summed E-state index contributed by atoms with van der Waals surface area (Å²) in [6, 6.07) is 1.93. The molecule has 1 heterocycles. The van der Waals surface area contributed by atoms with Crippen LogP contribution >= 0.6 is 11.3 Å². The van der Waals surface area contributed by atoms with Gasteiger partial charge in [-0.2, -0.15) is 0 Å². The van der Waals surface area contributed by atoms with Crippen LogP contribution in [-0.2, 0) is 11.2 Å². The minimum absolute atomic E-state index is 0.0538. The van der Waals surface area contributed by atoms with Crippen LogP contribution in [0.15, 0.2) is 6.07 Å². The molecule has 1 atom stereocenters. The highest BCUT2D eigenvalue weighted by molar-refractivity contribution is 7.14. The number of carbonyl (C=O) groups excluding carboxylic acids is 2. The topological polar surface area (TPSA) is 67.4 Å². The molecule has 6 heteroatoms. The van der Waals surface area contributed by atoms with Crippen molar-refractivity contribution in [1.29, 1.82) is 0 Å². The van der Waals surface area contributed by atoms with E-state index in [2.05, 4.69) is 17.6 Å². The van der Waals surface area contributed by atoms with Crippen molar-refractivity contribution in [3.63, 3.8) is 0 Å². The maximum Gasteiger partial charge on any atom is 0.407 e. The zero-order valence-electron chi connectivity index (χ0n) is 14.9. The first-order valence-corrected chi connectivity index (χ1v) is 8.78. The quantitative estimate of drug-likeness (QED) is 0.833. The van der Waals surface area contributed by atoms with Crippen molar-refractivity contribution in [1.82, 2.24) is 10.6 Å². The van der Waals surface area contributed by atoms with Gasteiger partial charge in [0.15, 0.2) is 0 Å². The van der Waals surface area contributed by atoms with E-state index in [4.69, 9.17) is 4.74 Å². The predicted molar refractivity (Wildman–Crippen MR) is 94.2 cm³/mol. The summed E-state index contributed by atoms with van der Waals surface area (Å²) in [6.45, 7) is 12.5. The Balaban J connectivity index is 2.36. The summed E-state index contributed by atoms with van der Waals surface area (Å²) in [5.74, 6) is 0.0695. The van der Waals surface area contributed by atoms with Gasteiger partial charge in [0.25, 0.3) is 5.91 Å². The molecule has 0 aliphatic carbocycles. The Labute approximate surface area is 142 Å². The molecular formula is C17H28N2O3S. The molecule has 2 amide bonds. The zero-order valence-corrected chi connectivity index (χ0v) is 15.7. The number of hydrogen-bond donors (Lipinski definition) is 2. The molecule has 0 aliphatic rings. The number of rotatable bonds is 6. The molecule has 130 valence electrons. The number of hydrogen-bond acceptors (Lipinski definition) is 4. The van der Waals surface area contributed by atoms with Crippen LogP contribution in [0.1, 0.15) is 54.7 Å². The third-order valence-corrected chi connectivity index (χ3v) is 4.55. The van der Waals surface area contributed by atoms with E-state index < -0.39 is 11.7 Å². The van der Waals surface area contributed by atoms with E-state index in [1.54, 1.807) is 11.3 Å². The maximum atomic E-state index is 12.1. The summed E-state index contributed by atoms with van der Waals surface area (Å²) in [5.41, 5.74) is 0.664. The van der Waals surface area contributed by atoms with Crippen molar-refractivity contribution < 1.29 is 14.3 Å². The molecule has 0 bridgehead atoms. The molecule has 0 aromatic carbocycles. The highest BCUT2D eigenvalue weighted by atomic mass is 32.1. The number of thiophene rings is 1. The van der Waals surface area contributed by atoms with E-state index in [1.807, 2.05) is 40.7 Å². The Bertz CT molecular complexity index is 547. The van der Waals surface area contributed by atoms with Crippen LogP contribution in [0.4, 0.5) is 4.79 Å². The maximum absolute atomic E-state index is 12.1. The summed E-state index contributed by atoms with van der Waals surface area (Å²) in [4.78, 5) is 25.7. The number of alkyl carbamates (subject to hydrolysis) is 1. The molecule has 0 fully saturated rings. The van der Waals surface area contributed by atoms with Gasteiger partial charge in [-0.15, -0.1) is 11.3 Å². The molecule has 1 aromatic rings. The van der Waals surface area contributed by atoms with E-state index in [0.29, 0.717) is 13.1 Å². The van der Waals surface area contributed by atoms with Gasteiger partial charge < -0.3 is 15.4 Å². The molecule has 1 rings (SSSR count). The monoisotopic (exact) mass is 340 g/mol. The van der Waals surface area contributed by atoms with Crippen LogP contribution in [0, 0.1) is 12.8 Å². The Kier molecular flexibility index (Phi) is 7.06. The number of nitrogens with one attached hydrogen (secondary N) is 2. The zero-order chi connectivity index (χ0) is 17.6. The van der Waals surface area contributed by atoms with Crippen molar-refractivity contribution in [2.45, 2.75) is 53.6 Å². The Morgan fingerprint density at radius 1 is 1.26 bits per heavy atom. The average Bonchev–Trinajstić information content (AvgIpc) is 2.82. The first-order valence-electron chi connectivity index (χ1n) is 7.96. The first kappa shape index (κ1) is 19.5. The average molecular weight is 340 g/mol. The summed E-state index contributed by atoms with van der Waals surface area (Å²) in [7, 11) is 0. The second-order valence-electron chi connectivity index (χ2n) is 6.77. The Morgan fingerprint density at radius 2 is 1.87 bits per heavy atom. The van der Waals surface area contributed by atoms with E-state index in [-0.39, 0.29) is 11.8 Å². The fourth-order valence-electron chi connectivity index (χ4n) is 1.98. The molecule has 0 radical (unpaired) electrons. The Morgan fingerprint density at radius 3 is 2.39 bits per heavy atom. The van der Waals surface area contributed by atoms with Crippen molar-refractivity contribution in [2.75, 3.05) is 13.1 Å². The first-order chi connectivity index (χ1) is 10.6. The normalized spacial score (nSPS) is 12.6. The van der Waals surface area contributed by atoms with Gasteiger partial charge >= 0.3 is 6.09 Å². The van der Waals surface area contributed by atoms with Gasteiger partial charge in [-0.05, 0) is 51.7 Å². The number of aryl methyl sites for hydroxylation is 2. The fourth-order valence-corrected chi connectivity index (χ4v) is 3.01. The molecule has 23 heavy (non-hydrogen) atoms. The summed E-state index contributed by atoms with van der Waals surface area (Å²) in [5, 5.41) is 5.63. The lowest BCUT2D eigenvalue weighted by molar-refractivity contribution is 0.0520. The fraction of sp³-hybridized carbons (Fsp3) is 0.647.